The molecule has 5 N–H and O–H groups in total. The molecule has 0 spiro atoms. The van der Waals surface area contributed by atoms with Gasteiger partial charge in [-0.25, -0.2) is 4.98 Å². The third kappa shape index (κ3) is 2.79. The van der Waals surface area contributed by atoms with Crippen LogP contribution < -0.4 is 16.8 Å². The van der Waals surface area contributed by atoms with E-state index in [0.717, 1.165) is 30.5 Å². The molecule has 1 heterocycles. The van der Waals surface area contributed by atoms with E-state index in [0.29, 0.717) is 17.9 Å². The van der Waals surface area contributed by atoms with Gasteiger partial charge >= 0.3 is 0 Å². The number of hydrogen-bond donors (Lipinski definition) is 3. The average Bonchev–Trinajstić information content (AvgIpc) is 2.70. The van der Waals surface area contributed by atoms with Gasteiger partial charge in [-0.15, -0.1) is 0 Å². The molecule has 0 aromatic carbocycles. The molecule has 5 nitrogen and oxygen atoms in total. The third-order valence-electron chi connectivity index (χ3n) is 3.03. The molecule has 98 valence electrons. The van der Waals surface area contributed by atoms with Crippen LogP contribution in [0.3, 0.4) is 0 Å². The maximum atomic E-state index is 11.5. The Morgan fingerprint density at radius 3 is 2.83 bits per heavy atom. The van der Waals surface area contributed by atoms with Crippen molar-refractivity contribution in [3.8, 4) is 0 Å². The lowest BCUT2D eigenvalue weighted by Gasteiger charge is -2.20. The number of aryl methyl sites for hydroxylation is 2. The Balaban J connectivity index is 2.30. The molecule has 1 aromatic rings. The first-order valence-corrected chi connectivity index (χ1v) is 6.22. The zero-order chi connectivity index (χ0) is 13.3. The SMILES string of the molecule is CC(C)(N)CNc1nc2c(cc1C(N)=O)CCC2. The molecule has 0 atom stereocenters. The van der Waals surface area contributed by atoms with E-state index in [2.05, 4.69) is 10.3 Å². The van der Waals surface area contributed by atoms with E-state index in [9.17, 15) is 4.79 Å². The second-order valence-corrected chi connectivity index (χ2v) is 5.55. The number of pyridine rings is 1. The Hall–Kier alpha value is -1.62. The lowest BCUT2D eigenvalue weighted by molar-refractivity contribution is 0.100. The largest absolute Gasteiger partial charge is 0.368 e. The Kier molecular flexibility index (Phi) is 3.26. The van der Waals surface area contributed by atoms with Gasteiger partial charge in [0.15, 0.2) is 0 Å². The predicted octanol–water partition coefficient (Wildman–Crippen LogP) is 0.818. The standard InChI is InChI=1S/C13H20N4O/c1-13(2,15)7-16-12-9(11(14)18)6-8-4-3-5-10(8)17-12/h6H,3-5,7,15H2,1-2H3,(H2,14,18)(H,16,17). The monoisotopic (exact) mass is 248 g/mol. The molecule has 1 aromatic heterocycles. The number of hydrogen-bond acceptors (Lipinski definition) is 4. The fourth-order valence-corrected chi connectivity index (χ4v) is 2.11. The number of nitrogens with two attached hydrogens (primary N) is 2. The summed E-state index contributed by atoms with van der Waals surface area (Å²) >= 11 is 0. The van der Waals surface area contributed by atoms with Gasteiger partial charge < -0.3 is 16.8 Å². The average molecular weight is 248 g/mol. The van der Waals surface area contributed by atoms with Gasteiger partial charge in [-0.1, -0.05) is 0 Å². The minimum Gasteiger partial charge on any atom is -0.368 e. The molecule has 2 rings (SSSR count). The van der Waals surface area contributed by atoms with E-state index < -0.39 is 5.91 Å². The first-order chi connectivity index (χ1) is 8.37. The fourth-order valence-electron chi connectivity index (χ4n) is 2.11. The van der Waals surface area contributed by atoms with Crippen molar-refractivity contribution < 1.29 is 4.79 Å². The highest BCUT2D eigenvalue weighted by Gasteiger charge is 2.20. The minimum absolute atomic E-state index is 0.365. The Morgan fingerprint density at radius 2 is 2.22 bits per heavy atom. The van der Waals surface area contributed by atoms with Crippen LogP contribution in [0.15, 0.2) is 6.07 Å². The maximum absolute atomic E-state index is 11.5. The third-order valence-corrected chi connectivity index (χ3v) is 3.03. The number of rotatable bonds is 4. The summed E-state index contributed by atoms with van der Waals surface area (Å²) in [7, 11) is 0. The molecule has 0 radical (unpaired) electrons. The summed E-state index contributed by atoms with van der Waals surface area (Å²) in [5.41, 5.74) is 13.6. The number of carbonyl (C=O) groups excluding carboxylic acids is 1. The Bertz CT molecular complexity index is 477. The molecule has 1 aliphatic rings. The molecule has 1 amide bonds. The number of amides is 1. The second-order valence-electron chi connectivity index (χ2n) is 5.55. The highest BCUT2D eigenvalue weighted by Crippen LogP contribution is 2.25. The summed E-state index contributed by atoms with van der Waals surface area (Å²) in [6, 6.07) is 1.86. The van der Waals surface area contributed by atoms with Crippen LogP contribution in [0.25, 0.3) is 0 Å². The highest BCUT2D eigenvalue weighted by atomic mass is 16.1. The summed E-state index contributed by atoms with van der Waals surface area (Å²) in [6.07, 6.45) is 3.03. The van der Waals surface area contributed by atoms with Gasteiger partial charge in [0.1, 0.15) is 5.82 Å². The van der Waals surface area contributed by atoms with Gasteiger partial charge in [0.05, 0.1) is 5.56 Å². The van der Waals surface area contributed by atoms with Crippen molar-refractivity contribution in [1.29, 1.82) is 0 Å². The quantitative estimate of drug-likeness (QED) is 0.735. The summed E-state index contributed by atoms with van der Waals surface area (Å²) in [6.45, 7) is 4.37. The number of carbonyl (C=O) groups is 1. The van der Waals surface area contributed by atoms with Crippen LogP contribution in [0.1, 0.15) is 41.9 Å². The van der Waals surface area contributed by atoms with Crippen molar-refractivity contribution in [2.45, 2.75) is 38.6 Å². The number of anilines is 1. The lowest BCUT2D eigenvalue weighted by Crippen LogP contribution is -2.40. The number of aromatic nitrogens is 1. The van der Waals surface area contributed by atoms with Gasteiger partial charge in [-0.05, 0) is 44.7 Å². The number of fused-ring (bicyclic) bond motifs is 1. The van der Waals surface area contributed by atoms with Crippen LogP contribution in [0, 0.1) is 0 Å². The normalized spacial score (nSPS) is 14.4. The summed E-state index contributed by atoms with van der Waals surface area (Å²) in [4.78, 5) is 16.0. The number of nitrogens with zero attached hydrogens (tertiary/aromatic N) is 1. The van der Waals surface area contributed by atoms with Crippen LogP contribution in [-0.2, 0) is 12.8 Å². The Labute approximate surface area is 107 Å². The van der Waals surface area contributed by atoms with E-state index >= 15 is 0 Å². The van der Waals surface area contributed by atoms with E-state index in [-0.39, 0.29) is 5.54 Å². The smallest absolute Gasteiger partial charge is 0.252 e. The molecule has 0 saturated heterocycles. The van der Waals surface area contributed by atoms with Crippen LogP contribution in [0.2, 0.25) is 0 Å². The van der Waals surface area contributed by atoms with Gasteiger partial charge in [0.25, 0.3) is 5.91 Å². The van der Waals surface area contributed by atoms with Gasteiger partial charge in [0.2, 0.25) is 0 Å². The zero-order valence-corrected chi connectivity index (χ0v) is 10.9. The Morgan fingerprint density at radius 1 is 1.50 bits per heavy atom. The topological polar surface area (TPSA) is 94.0 Å². The predicted molar refractivity (Wildman–Crippen MR) is 71.5 cm³/mol. The molecule has 1 aliphatic carbocycles. The van der Waals surface area contributed by atoms with Gasteiger partial charge in [0, 0.05) is 17.8 Å². The molecule has 0 unspecified atom stereocenters. The molecule has 18 heavy (non-hydrogen) atoms. The second kappa shape index (κ2) is 4.57. The molecule has 0 fully saturated rings. The van der Waals surface area contributed by atoms with Crippen LogP contribution in [0.4, 0.5) is 5.82 Å². The van der Waals surface area contributed by atoms with Gasteiger partial charge in [-0.3, -0.25) is 4.79 Å². The van der Waals surface area contributed by atoms with Crippen molar-refractivity contribution in [2.24, 2.45) is 11.5 Å². The van der Waals surface area contributed by atoms with E-state index in [4.69, 9.17) is 11.5 Å². The minimum atomic E-state index is -0.450. The van der Waals surface area contributed by atoms with E-state index in [1.54, 1.807) is 0 Å². The van der Waals surface area contributed by atoms with Crippen LogP contribution >= 0.6 is 0 Å². The summed E-state index contributed by atoms with van der Waals surface area (Å²) in [5, 5.41) is 3.13. The zero-order valence-electron chi connectivity index (χ0n) is 10.9. The van der Waals surface area contributed by atoms with Crippen molar-refractivity contribution in [1.82, 2.24) is 4.98 Å². The number of primary amides is 1. The van der Waals surface area contributed by atoms with E-state index in [1.165, 1.54) is 0 Å². The van der Waals surface area contributed by atoms with Crippen molar-refractivity contribution in [3.05, 3.63) is 22.9 Å². The van der Waals surface area contributed by atoms with Gasteiger partial charge in [-0.2, -0.15) is 0 Å². The van der Waals surface area contributed by atoms with Crippen LogP contribution in [0.5, 0.6) is 0 Å². The number of nitrogens with one attached hydrogen (secondary N) is 1. The molecule has 5 heteroatoms. The van der Waals surface area contributed by atoms with Crippen molar-refractivity contribution in [3.63, 3.8) is 0 Å². The molecular formula is C13H20N4O. The molecule has 0 saturated carbocycles. The van der Waals surface area contributed by atoms with Crippen LogP contribution in [-0.4, -0.2) is 23.0 Å². The van der Waals surface area contributed by atoms with E-state index in [1.807, 2.05) is 19.9 Å². The highest BCUT2D eigenvalue weighted by molar-refractivity contribution is 5.97. The molecule has 0 bridgehead atoms. The fraction of sp³-hybridized carbons (Fsp3) is 0.538. The maximum Gasteiger partial charge on any atom is 0.252 e. The first kappa shape index (κ1) is 12.8. The lowest BCUT2D eigenvalue weighted by atomic mass is 10.1. The summed E-state index contributed by atoms with van der Waals surface area (Å²) < 4.78 is 0. The molecule has 0 aliphatic heterocycles. The van der Waals surface area contributed by atoms with Crippen molar-refractivity contribution >= 4 is 11.7 Å². The van der Waals surface area contributed by atoms with Crippen molar-refractivity contribution in [2.75, 3.05) is 11.9 Å². The first-order valence-electron chi connectivity index (χ1n) is 6.22. The summed E-state index contributed by atoms with van der Waals surface area (Å²) in [5.74, 6) is 0.108. The molecular weight excluding hydrogens is 228 g/mol.